The lowest BCUT2D eigenvalue weighted by Gasteiger charge is -2.28. The highest BCUT2D eigenvalue weighted by Crippen LogP contribution is 2.30. The normalized spacial score (nSPS) is 18.0. The van der Waals surface area contributed by atoms with E-state index in [1.165, 1.54) is 25.3 Å². The SMILES string of the molecule is O=CN([C]1CCCCC1)c1cc[nH]n1. The van der Waals surface area contributed by atoms with E-state index in [4.69, 9.17) is 0 Å². The number of anilines is 1. The van der Waals surface area contributed by atoms with Crippen LogP contribution in [0.3, 0.4) is 0 Å². The number of carbonyl (C=O) groups excluding carboxylic acids is 1. The molecular formula is C10H14N3O. The van der Waals surface area contributed by atoms with Gasteiger partial charge in [-0.05, 0) is 12.8 Å². The van der Waals surface area contributed by atoms with Gasteiger partial charge in [0.05, 0.1) is 6.04 Å². The molecule has 1 saturated carbocycles. The molecule has 1 heterocycles. The van der Waals surface area contributed by atoms with Crippen molar-refractivity contribution in [2.75, 3.05) is 4.90 Å². The highest BCUT2D eigenvalue weighted by molar-refractivity contribution is 5.76. The lowest BCUT2D eigenvalue weighted by molar-refractivity contribution is -0.107. The van der Waals surface area contributed by atoms with E-state index in [2.05, 4.69) is 10.2 Å². The summed E-state index contributed by atoms with van der Waals surface area (Å²) < 4.78 is 0. The fourth-order valence-corrected chi connectivity index (χ4v) is 1.88. The Morgan fingerprint density at radius 2 is 2.14 bits per heavy atom. The van der Waals surface area contributed by atoms with E-state index >= 15 is 0 Å². The standard InChI is InChI=1S/C10H14N3O/c14-8-13(10-6-7-11-12-10)9-4-2-1-3-5-9/h6-8H,1-5H2,(H,11,12). The second-order valence-corrected chi connectivity index (χ2v) is 3.53. The van der Waals surface area contributed by atoms with Gasteiger partial charge in [0.1, 0.15) is 0 Å². The number of rotatable bonds is 3. The van der Waals surface area contributed by atoms with Crippen molar-refractivity contribution in [3.63, 3.8) is 0 Å². The molecule has 2 rings (SSSR count). The molecule has 1 aromatic rings. The zero-order chi connectivity index (χ0) is 9.80. The number of nitrogens with one attached hydrogen (secondary N) is 1. The molecule has 1 N–H and O–H groups in total. The second-order valence-electron chi connectivity index (χ2n) is 3.53. The molecule has 0 spiro atoms. The largest absolute Gasteiger partial charge is 0.289 e. The van der Waals surface area contributed by atoms with Gasteiger partial charge in [-0.25, -0.2) is 0 Å². The molecule has 1 aliphatic carbocycles. The fraction of sp³-hybridized carbons (Fsp3) is 0.500. The molecular weight excluding hydrogens is 178 g/mol. The molecule has 0 atom stereocenters. The molecule has 4 nitrogen and oxygen atoms in total. The van der Waals surface area contributed by atoms with Gasteiger partial charge in [-0.2, -0.15) is 5.10 Å². The van der Waals surface area contributed by atoms with Gasteiger partial charge in [0, 0.05) is 12.3 Å². The van der Waals surface area contributed by atoms with Gasteiger partial charge in [-0.15, -0.1) is 0 Å². The zero-order valence-corrected chi connectivity index (χ0v) is 8.07. The quantitative estimate of drug-likeness (QED) is 0.743. The number of hydrogen-bond acceptors (Lipinski definition) is 2. The Morgan fingerprint density at radius 3 is 2.71 bits per heavy atom. The molecule has 0 unspecified atom stereocenters. The van der Waals surface area contributed by atoms with Crippen molar-refractivity contribution in [2.45, 2.75) is 32.1 Å². The van der Waals surface area contributed by atoms with Crippen LogP contribution in [-0.4, -0.2) is 16.6 Å². The highest BCUT2D eigenvalue weighted by Gasteiger charge is 2.22. The Hall–Kier alpha value is -1.32. The monoisotopic (exact) mass is 192 g/mol. The van der Waals surface area contributed by atoms with E-state index in [1.807, 2.05) is 6.07 Å². The van der Waals surface area contributed by atoms with Crippen LogP contribution in [0.4, 0.5) is 5.82 Å². The number of nitrogens with zero attached hydrogens (tertiary/aromatic N) is 2. The van der Waals surface area contributed by atoms with Crippen molar-refractivity contribution >= 4 is 12.2 Å². The van der Waals surface area contributed by atoms with E-state index in [0.717, 1.165) is 19.3 Å². The number of carbonyl (C=O) groups is 1. The van der Waals surface area contributed by atoms with Gasteiger partial charge in [-0.1, -0.05) is 19.3 Å². The van der Waals surface area contributed by atoms with Crippen LogP contribution in [0.5, 0.6) is 0 Å². The molecule has 0 aromatic carbocycles. The third kappa shape index (κ3) is 1.78. The van der Waals surface area contributed by atoms with E-state index < -0.39 is 0 Å². The van der Waals surface area contributed by atoms with Crippen molar-refractivity contribution in [1.82, 2.24) is 10.2 Å². The topological polar surface area (TPSA) is 49.0 Å². The summed E-state index contributed by atoms with van der Waals surface area (Å²) in [5.41, 5.74) is 0. The first-order chi connectivity index (χ1) is 6.92. The number of hydrogen-bond donors (Lipinski definition) is 1. The van der Waals surface area contributed by atoms with Crippen LogP contribution in [0, 0.1) is 6.04 Å². The summed E-state index contributed by atoms with van der Waals surface area (Å²) in [5.74, 6) is 0.705. The van der Waals surface area contributed by atoms with Crippen LogP contribution in [0.1, 0.15) is 32.1 Å². The minimum Gasteiger partial charge on any atom is -0.289 e. The smallest absolute Gasteiger partial charge is 0.215 e. The summed E-state index contributed by atoms with van der Waals surface area (Å²) in [5, 5.41) is 6.73. The summed E-state index contributed by atoms with van der Waals surface area (Å²) >= 11 is 0. The Kier molecular flexibility index (Phi) is 2.81. The summed E-state index contributed by atoms with van der Waals surface area (Å²) in [7, 11) is 0. The van der Waals surface area contributed by atoms with Crippen LogP contribution < -0.4 is 4.90 Å². The van der Waals surface area contributed by atoms with Crippen molar-refractivity contribution in [3.05, 3.63) is 18.3 Å². The second kappa shape index (κ2) is 4.26. The molecule has 4 heteroatoms. The predicted octanol–water partition coefficient (Wildman–Crippen LogP) is 1.87. The van der Waals surface area contributed by atoms with Crippen LogP contribution in [0.25, 0.3) is 0 Å². The van der Waals surface area contributed by atoms with E-state index in [0.29, 0.717) is 5.82 Å². The van der Waals surface area contributed by atoms with Crippen molar-refractivity contribution in [1.29, 1.82) is 0 Å². The maximum absolute atomic E-state index is 11.0. The minimum absolute atomic E-state index is 0.705. The third-order valence-corrected chi connectivity index (χ3v) is 2.61. The highest BCUT2D eigenvalue weighted by atomic mass is 16.1. The first-order valence-corrected chi connectivity index (χ1v) is 5.01. The predicted molar refractivity (Wildman–Crippen MR) is 53.5 cm³/mol. The molecule has 1 fully saturated rings. The van der Waals surface area contributed by atoms with Gasteiger partial charge >= 0.3 is 0 Å². The van der Waals surface area contributed by atoms with Crippen LogP contribution in [0.2, 0.25) is 0 Å². The molecule has 0 saturated heterocycles. The van der Waals surface area contributed by atoms with Crippen molar-refractivity contribution < 1.29 is 4.79 Å². The Morgan fingerprint density at radius 1 is 1.36 bits per heavy atom. The maximum atomic E-state index is 11.0. The molecule has 75 valence electrons. The zero-order valence-electron chi connectivity index (χ0n) is 8.07. The average Bonchev–Trinajstić information content (AvgIpc) is 2.74. The van der Waals surface area contributed by atoms with Crippen LogP contribution in [0.15, 0.2) is 12.3 Å². The molecule has 14 heavy (non-hydrogen) atoms. The Balaban J connectivity index is 2.08. The molecule has 1 radical (unpaired) electrons. The molecule has 1 aliphatic rings. The molecule has 1 aromatic heterocycles. The summed E-state index contributed by atoms with van der Waals surface area (Å²) in [4.78, 5) is 12.6. The molecule has 0 aliphatic heterocycles. The number of H-pyrrole nitrogens is 1. The van der Waals surface area contributed by atoms with Gasteiger partial charge in [0.25, 0.3) is 0 Å². The van der Waals surface area contributed by atoms with Crippen molar-refractivity contribution in [2.24, 2.45) is 0 Å². The van der Waals surface area contributed by atoms with Crippen LogP contribution >= 0.6 is 0 Å². The Labute approximate surface area is 83.3 Å². The lowest BCUT2D eigenvalue weighted by Crippen LogP contribution is -2.29. The van der Waals surface area contributed by atoms with Gasteiger partial charge < -0.3 is 0 Å². The first-order valence-electron chi connectivity index (χ1n) is 5.01. The van der Waals surface area contributed by atoms with E-state index in [9.17, 15) is 4.79 Å². The van der Waals surface area contributed by atoms with E-state index in [1.54, 1.807) is 11.1 Å². The first kappa shape index (κ1) is 9.24. The lowest BCUT2D eigenvalue weighted by atomic mass is 9.94. The molecule has 1 amide bonds. The van der Waals surface area contributed by atoms with Gasteiger partial charge in [-0.3, -0.25) is 14.8 Å². The van der Waals surface area contributed by atoms with E-state index in [-0.39, 0.29) is 0 Å². The fourth-order valence-electron chi connectivity index (χ4n) is 1.88. The number of amides is 1. The van der Waals surface area contributed by atoms with Crippen molar-refractivity contribution in [3.8, 4) is 0 Å². The van der Waals surface area contributed by atoms with Gasteiger partial charge in [0.15, 0.2) is 5.82 Å². The number of aromatic amines is 1. The summed E-state index contributed by atoms with van der Waals surface area (Å²) in [6, 6.07) is 3.01. The number of aromatic nitrogens is 2. The molecule has 0 bridgehead atoms. The maximum Gasteiger partial charge on any atom is 0.215 e. The third-order valence-electron chi connectivity index (χ3n) is 2.61. The van der Waals surface area contributed by atoms with Crippen LogP contribution in [-0.2, 0) is 4.79 Å². The summed E-state index contributed by atoms with van der Waals surface area (Å²) in [6.45, 7) is 0. The summed E-state index contributed by atoms with van der Waals surface area (Å²) in [6.07, 6.45) is 8.27. The minimum atomic E-state index is 0.705. The van der Waals surface area contributed by atoms with Gasteiger partial charge in [0.2, 0.25) is 6.41 Å². The average molecular weight is 192 g/mol. The Bertz CT molecular complexity index is 278.